The summed E-state index contributed by atoms with van der Waals surface area (Å²) < 4.78 is 0. The molecule has 4 heteroatoms. The zero-order chi connectivity index (χ0) is 11.5. The topological polar surface area (TPSA) is 63.3 Å². The summed E-state index contributed by atoms with van der Waals surface area (Å²) in [6.07, 6.45) is 1.51. The molecule has 0 saturated heterocycles. The van der Waals surface area contributed by atoms with Gasteiger partial charge in [0.25, 0.3) is 0 Å². The summed E-state index contributed by atoms with van der Waals surface area (Å²) in [6, 6.07) is 4.05. The Kier molecular flexibility index (Phi) is 3.88. The maximum atomic E-state index is 11.1. The number of hydrogen-bond donors (Lipinski definition) is 2. The van der Waals surface area contributed by atoms with Gasteiger partial charge in [0.1, 0.15) is 0 Å². The molecule has 0 spiro atoms. The lowest BCUT2D eigenvalue weighted by Crippen LogP contribution is -2.37. The Labute approximate surface area is 93.9 Å². The zero-order valence-electron chi connectivity index (χ0n) is 9.12. The van der Waals surface area contributed by atoms with Crippen LogP contribution in [-0.4, -0.2) is 17.6 Å². The summed E-state index contributed by atoms with van der Waals surface area (Å²) in [7, 11) is 0. The molecule has 0 bridgehead atoms. The molecule has 0 aliphatic carbocycles. The number of aryl methyl sites for hydroxylation is 1. The Bertz CT molecular complexity index is 348. The minimum absolute atomic E-state index is 0.168. The number of carboxylic acid groups (broad SMARTS) is 1. The minimum Gasteiger partial charge on any atom is -0.481 e. The monoisotopic (exact) mass is 227 g/mol. The molecule has 0 amide bonds. The molecule has 1 aromatic heterocycles. The van der Waals surface area contributed by atoms with Crippen molar-refractivity contribution in [3.05, 3.63) is 21.9 Å². The SMILES string of the molecule is CCc1ccc(CC(C)(CN)C(=O)O)s1. The molecule has 1 heterocycles. The number of carbonyl (C=O) groups is 1. The first-order chi connectivity index (χ1) is 7.01. The third kappa shape index (κ3) is 2.79. The van der Waals surface area contributed by atoms with Crippen LogP contribution >= 0.6 is 11.3 Å². The van der Waals surface area contributed by atoms with Crippen molar-refractivity contribution in [3.63, 3.8) is 0 Å². The zero-order valence-corrected chi connectivity index (χ0v) is 9.93. The van der Waals surface area contributed by atoms with Gasteiger partial charge in [-0.3, -0.25) is 4.79 Å². The van der Waals surface area contributed by atoms with Gasteiger partial charge < -0.3 is 10.8 Å². The normalized spacial score (nSPS) is 14.9. The largest absolute Gasteiger partial charge is 0.481 e. The number of aliphatic carboxylic acids is 1. The highest BCUT2D eigenvalue weighted by molar-refractivity contribution is 7.12. The van der Waals surface area contributed by atoms with Crippen LogP contribution in [0.15, 0.2) is 12.1 Å². The van der Waals surface area contributed by atoms with Crippen LogP contribution in [0.4, 0.5) is 0 Å². The van der Waals surface area contributed by atoms with Crippen molar-refractivity contribution < 1.29 is 9.90 Å². The second-order valence-corrected chi connectivity index (χ2v) is 5.22. The van der Waals surface area contributed by atoms with E-state index in [1.807, 2.05) is 6.07 Å². The predicted octanol–water partition coefficient (Wildman–Crippen LogP) is 1.90. The van der Waals surface area contributed by atoms with Gasteiger partial charge in [0.05, 0.1) is 5.41 Å². The Balaban J connectivity index is 2.79. The fraction of sp³-hybridized carbons (Fsp3) is 0.545. The van der Waals surface area contributed by atoms with Crippen molar-refractivity contribution in [3.8, 4) is 0 Å². The van der Waals surface area contributed by atoms with Gasteiger partial charge in [-0.05, 0) is 31.9 Å². The van der Waals surface area contributed by atoms with E-state index in [0.717, 1.165) is 11.3 Å². The van der Waals surface area contributed by atoms with E-state index in [9.17, 15) is 4.79 Å². The van der Waals surface area contributed by atoms with Crippen LogP contribution in [-0.2, 0) is 17.6 Å². The average molecular weight is 227 g/mol. The van der Waals surface area contributed by atoms with Gasteiger partial charge in [0.2, 0.25) is 0 Å². The molecule has 0 radical (unpaired) electrons. The molecule has 0 aliphatic rings. The molecule has 84 valence electrons. The van der Waals surface area contributed by atoms with E-state index >= 15 is 0 Å². The number of thiophene rings is 1. The lowest BCUT2D eigenvalue weighted by molar-refractivity contribution is -0.147. The third-order valence-corrected chi connectivity index (χ3v) is 3.83. The van der Waals surface area contributed by atoms with Crippen molar-refractivity contribution in [2.75, 3.05) is 6.54 Å². The highest BCUT2D eigenvalue weighted by Gasteiger charge is 2.32. The summed E-state index contributed by atoms with van der Waals surface area (Å²) in [5.74, 6) is -0.823. The molecule has 0 saturated carbocycles. The maximum Gasteiger partial charge on any atom is 0.311 e. The summed E-state index contributed by atoms with van der Waals surface area (Å²) in [5, 5.41) is 9.08. The third-order valence-electron chi connectivity index (χ3n) is 2.60. The van der Waals surface area contributed by atoms with Crippen molar-refractivity contribution >= 4 is 17.3 Å². The molecule has 1 unspecified atom stereocenters. The molecule has 3 nitrogen and oxygen atoms in total. The van der Waals surface area contributed by atoms with Crippen molar-refractivity contribution in [1.29, 1.82) is 0 Å². The fourth-order valence-corrected chi connectivity index (χ4v) is 2.47. The Morgan fingerprint density at radius 1 is 1.53 bits per heavy atom. The van der Waals surface area contributed by atoms with E-state index in [2.05, 4.69) is 13.0 Å². The molecular formula is C11H17NO2S. The second kappa shape index (κ2) is 4.77. The van der Waals surface area contributed by atoms with Crippen molar-refractivity contribution in [2.45, 2.75) is 26.7 Å². The van der Waals surface area contributed by atoms with Gasteiger partial charge in [0.15, 0.2) is 0 Å². The first-order valence-corrected chi connectivity index (χ1v) is 5.84. The van der Waals surface area contributed by atoms with Crippen LogP contribution in [0.25, 0.3) is 0 Å². The summed E-state index contributed by atoms with van der Waals surface area (Å²) in [4.78, 5) is 13.4. The standard InChI is InChI=1S/C11H17NO2S/c1-3-8-4-5-9(15-8)6-11(2,7-12)10(13)14/h4-5H,3,6-7,12H2,1-2H3,(H,13,14). The van der Waals surface area contributed by atoms with Crippen LogP contribution in [0.2, 0.25) is 0 Å². The van der Waals surface area contributed by atoms with Crippen LogP contribution in [0.3, 0.4) is 0 Å². The molecule has 1 rings (SSSR count). The van der Waals surface area contributed by atoms with E-state index in [4.69, 9.17) is 10.8 Å². The maximum absolute atomic E-state index is 11.1. The number of nitrogens with two attached hydrogens (primary N) is 1. The molecule has 0 aliphatic heterocycles. The van der Waals surface area contributed by atoms with Crippen molar-refractivity contribution in [2.24, 2.45) is 11.1 Å². The summed E-state index contributed by atoms with van der Waals surface area (Å²) >= 11 is 1.67. The van der Waals surface area contributed by atoms with Crippen LogP contribution in [0.1, 0.15) is 23.6 Å². The highest BCUT2D eigenvalue weighted by Crippen LogP contribution is 2.26. The first-order valence-electron chi connectivity index (χ1n) is 5.03. The molecule has 1 aromatic rings. The van der Waals surface area contributed by atoms with E-state index < -0.39 is 11.4 Å². The molecule has 15 heavy (non-hydrogen) atoms. The lowest BCUT2D eigenvalue weighted by atomic mass is 9.86. The number of rotatable bonds is 5. The first kappa shape index (κ1) is 12.2. The van der Waals surface area contributed by atoms with E-state index in [1.165, 1.54) is 4.88 Å². The number of carboxylic acids is 1. The van der Waals surface area contributed by atoms with Gasteiger partial charge in [-0.1, -0.05) is 6.92 Å². The van der Waals surface area contributed by atoms with E-state index in [1.54, 1.807) is 18.3 Å². The molecule has 0 fully saturated rings. The van der Waals surface area contributed by atoms with Gasteiger partial charge in [-0.2, -0.15) is 0 Å². The second-order valence-electron chi connectivity index (χ2n) is 3.97. The smallest absolute Gasteiger partial charge is 0.311 e. The highest BCUT2D eigenvalue weighted by atomic mass is 32.1. The van der Waals surface area contributed by atoms with Crippen LogP contribution < -0.4 is 5.73 Å². The van der Waals surface area contributed by atoms with Gasteiger partial charge in [-0.25, -0.2) is 0 Å². The van der Waals surface area contributed by atoms with Crippen molar-refractivity contribution in [1.82, 2.24) is 0 Å². The molecule has 1 atom stereocenters. The Hall–Kier alpha value is -0.870. The van der Waals surface area contributed by atoms with E-state index in [0.29, 0.717) is 6.42 Å². The molecule has 0 aromatic carbocycles. The van der Waals surface area contributed by atoms with Gasteiger partial charge >= 0.3 is 5.97 Å². The van der Waals surface area contributed by atoms with Gasteiger partial charge in [-0.15, -0.1) is 11.3 Å². The Morgan fingerprint density at radius 2 is 2.13 bits per heavy atom. The molecule has 3 N–H and O–H groups in total. The average Bonchev–Trinajstić information content (AvgIpc) is 2.65. The lowest BCUT2D eigenvalue weighted by Gasteiger charge is -2.21. The van der Waals surface area contributed by atoms with E-state index in [-0.39, 0.29) is 6.54 Å². The number of hydrogen-bond acceptors (Lipinski definition) is 3. The summed E-state index contributed by atoms with van der Waals surface area (Å²) in [5.41, 5.74) is 4.68. The van der Waals surface area contributed by atoms with Crippen LogP contribution in [0.5, 0.6) is 0 Å². The molecular weight excluding hydrogens is 210 g/mol. The Morgan fingerprint density at radius 3 is 2.53 bits per heavy atom. The van der Waals surface area contributed by atoms with Gasteiger partial charge in [0, 0.05) is 16.3 Å². The summed E-state index contributed by atoms with van der Waals surface area (Å²) in [6.45, 7) is 3.96. The minimum atomic E-state index is -0.837. The predicted molar refractivity (Wildman–Crippen MR) is 62.2 cm³/mol. The quantitative estimate of drug-likeness (QED) is 0.807. The van der Waals surface area contributed by atoms with Crippen LogP contribution in [0, 0.1) is 5.41 Å². The fourth-order valence-electron chi connectivity index (χ4n) is 1.33.